The predicted octanol–water partition coefficient (Wildman–Crippen LogP) is 4.40. The molecule has 32 heavy (non-hydrogen) atoms. The number of benzene rings is 3. The number of carbonyl (C=O) groups is 3. The summed E-state index contributed by atoms with van der Waals surface area (Å²) in [4.78, 5) is 41.8. The van der Waals surface area contributed by atoms with Gasteiger partial charge in [0.1, 0.15) is 5.52 Å². The zero-order chi connectivity index (χ0) is 22.1. The minimum Gasteiger partial charge on any atom is -0.436 e. The van der Waals surface area contributed by atoms with E-state index in [2.05, 4.69) is 10.3 Å². The molecular formula is C25H19N3O4. The number of imide groups is 1. The highest BCUT2D eigenvalue weighted by Gasteiger charge is 2.28. The van der Waals surface area contributed by atoms with E-state index in [4.69, 9.17) is 4.42 Å². The maximum absolute atomic E-state index is 12.6. The third-order valence-electron chi connectivity index (χ3n) is 5.40. The van der Waals surface area contributed by atoms with Gasteiger partial charge in [-0.3, -0.25) is 19.3 Å². The molecule has 7 nitrogen and oxygen atoms in total. The molecule has 0 unspecified atom stereocenters. The van der Waals surface area contributed by atoms with Crippen molar-refractivity contribution < 1.29 is 18.8 Å². The van der Waals surface area contributed by atoms with E-state index in [-0.39, 0.29) is 37.1 Å². The third kappa shape index (κ3) is 3.88. The van der Waals surface area contributed by atoms with Crippen molar-refractivity contribution in [1.29, 1.82) is 0 Å². The van der Waals surface area contributed by atoms with E-state index in [0.29, 0.717) is 17.1 Å². The van der Waals surface area contributed by atoms with Gasteiger partial charge in [-0.15, -0.1) is 0 Å². The standard InChI is InChI=1S/C25H19N3O4/c29-22-13-14-23(30)28(22)15-16-5-7-17(8-6-16)24(31)26-19-11-9-18(10-12-19)25-27-20-3-1-2-4-21(20)32-25/h1-12H,13-15H2,(H,26,31). The van der Waals surface area contributed by atoms with Crippen molar-refractivity contribution in [2.45, 2.75) is 19.4 Å². The molecule has 0 atom stereocenters. The van der Waals surface area contributed by atoms with E-state index in [1.54, 1.807) is 36.4 Å². The molecule has 0 spiro atoms. The largest absolute Gasteiger partial charge is 0.436 e. The van der Waals surface area contributed by atoms with E-state index in [0.717, 1.165) is 22.2 Å². The quantitative estimate of drug-likeness (QED) is 0.479. The van der Waals surface area contributed by atoms with Crippen molar-refractivity contribution in [3.63, 3.8) is 0 Å². The fourth-order valence-corrected chi connectivity index (χ4v) is 3.64. The maximum atomic E-state index is 12.6. The normalized spacial score (nSPS) is 13.7. The number of carbonyl (C=O) groups excluding carboxylic acids is 3. The van der Waals surface area contributed by atoms with Crippen LogP contribution in [-0.2, 0) is 16.1 Å². The Hall–Kier alpha value is -4.26. The van der Waals surface area contributed by atoms with Crippen molar-refractivity contribution >= 4 is 34.5 Å². The Kier molecular flexibility index (Phi) is 4.99. The van der Waals surface area contributed by atoms with Gasteiger partial charge in [0, 0.05) is 29.7 Å². The zero-order valence-corrected chi connectivity index (χ0v) is 17.1. The molecule has 3 amide bonds. The lowest BCUT2D eigenvalue weighted by Crippen LogP contribution is -2.28. The highest BCUT2D eigenvalue weighted by atomic mass is 16.3. The Morgan fingerprint density at radius 1 is 0.906 bits per heavy atom. The summed E-state index contributed by atoms with van der Waals surface area (Å²) in [6.45, 7) is 0.233. The number of para-hydroxylation sites is 2. The fourth-order valence-electron chi connectivity index (χ4n) is 3.64. The first-order chi connectivity index (χ1) is 15.6. The second-order valence-corrected chi connectivity index (χ2v) is 7.59. The first-order valence-corrected chi connectivity index (χ1v) is 10.3. The molecule has 158 valence electrons. The van der Waals surface area contributed by atoms with Gasteiger partial charge in [0.05, 0.1) is 6.54 Å². The minimum absolute atomic E-state index is 0.155. The number of likely N-dealkylation sites (tertiary alicyclic amines) is 1. The van der Waals surface area contributed by atoms with E-state index in [1.807, 2.05) is 36.4 Å². The van der Waals surface area contributed by atoms with Gasteiger partial charge in [0.15, 0.2) is 5.58 Å². The van der Waals surface area contributed by atoms with Gasteiger partial charge in [-0.2, -0.15) is 0 Å². The van der Waals surface area contributed by atoms with Gasteiger partial charge in [0.2, 0.25) is 17.7 Å². The molecule has 0 aliphatic carbocycles. The Morgan fingerprint density at radius 2 is 1.59 bits per heavy atom. The van der Waals surface area contributed by atoms with Crippen LogP contribution in [0.1, 0.15) is 28.8 Å². The monoisotopic (exact) mass is 425 g/mol. The Labute approximate surface area is 183 Å². The topological polar surface area (TPSA) is 92.5 Å². The average Bonchev–Trinajstić information content (AvgIpc) is 3.38. The third-order valence-corrected chi connectivity index (χ3v) is 5.40. The molecule has 1 aliphatic rings. The van der Waals surface area contributed by atoms with E-state index >= 15 is 0 Å². The summed E-state index contributed by atoms with van der Waals surface area (Å²) in [6.07, 6.45) is 0.537. The van der Waals surface area contributed by atoms with Crippen LogP contribution in [0.25, 0.3) is 22.6 Å². The lowest BCUT2D eigenvalue weighted by molar-refractivity contribution is -0.139. The van der Waals surface area contributed by atoms with Crippen LogP contribution >= 0.6 is 0 Å². The lowest BCUT2D eigenvalue weighted by atomic mass is 10.1. The highest BCUT2D eigenvalue weighted by molar-refractivity contribution is 6.04. The second kappa shape index (κ2) is 8.11. The van der Waals surface area contributed by atoms with Gasteiger partial charge in [-0.05, 0) is 54.1 Å². The average molecular weight is 425 g/mol. The van der Waals surface area contributed by atoms with Crippen molar-refractivity contribution in [1.82, 2.24) is 9.88 Å². The van der Waals surface area contributed by atoms with Crippen LogP contribution in [0.4, 0.5) is 5.69 Å². The predicted molar refractivity (Wildman–Crippen MR) is 119 cm³/mol. The number of amides is 3. The van der Waals surface area contributed by atoms with Crippen LogP contribution < -0.4 is 5.32 Å². The van der Waals surface area contributed by atoms with Crippen molar-refractivity contribution in [3.8, 4) is 11.5 Å². The Balaban J connectivity index is 1.24. The number of aromatic nitrogens is 1. The van der Waals surface area contributed by atoms with Gasteiger partial charge < -0.3 is 9.73 Å². The molecule has 1 saturated heterocycles. The number of hydrogen-bond acceptors (Lipinski definition) is 5. The van der Waals surface area contributed by atoms with E-state index in [9.17, 15) is 14.4 Å². The molecule has 1 aliphatic heterocycles. The number of rotatable bonds is 5. The SMILES string of the molecule is O=C(Nc1ccc(-c2nc3ccccc3o2)cc1)c1ccc(CN2C(=O)CCC2=O)cc1. The van der Waals surface area contributed by atoms with Crippen LogP contribution in [-0.4, -0.2) is 27.6 Å². The first-order valence-electron chi connectivity index (χ1n) is 10.3. The number of oxazole rings is 1. The maximum Gasteiger partial charge on any atom is 0.255 e. The summed E-state index contributed by atoms with van der Waals surface area (Å²) < 4.78 is 5.77. The molecule has 1 aromatic heterocycles. The molecule has 1 N–H and O–H groups in total. The smallest absolute Gasteiger partial charge is 0.255 e. The number of nitrogens with zero attached hydrogens (tertiary/aromatic N) is 2. The van der Waals surface area contributed by atoms with Crippen molar-refractivity contribution in [3.05, 3.63) is 83.9 Å². The number of fused-ring (bicyclic) bond motifs is 1. The molecule has 7 heteroatoms. The molecule has 5 rings (SSSR count). The van der Waals surface area contributed by atoms with Crippen LogP contribution in [0.5, 0.6) is 0 Å². The molecule has 2 heterocycles. The first kappa shape index (κ1) is 19.7. The number of hydrogen-bond donors (Lipinski definition) is 1. The van der Waals surface area contributed by atoms with Gasteiger partial charge in [-0.25, -0.2) is 4.98 Å². The van der Waals surface area contributed by atoms with Crippen LogP contribution in [0, 0.1) is 0 Å². The second-order valence-electron chi connectivity index (χ2n) is 7.59. The number of anilines is 1. The van der Waals surface area contributed by atoms with Crippen LogP contribution in [0.3, 0.4) is 0 Å². The summed E-state index contributed by atoms with van der Waals surface area (Å²) in [5, 5.41) is 2.86. The van der Waals surface area contributed by atoms with Gasteiger partial charge in [0.25, 0.3) is 5.91 Å². The molecule has 0 bridgehead atoms. The Bertz CT molecular complexity index is 1270. The summed E-state index contributed by atoms with van der Waals surface area (Å²) in [6, 6.07) is 21.7. The summed E-state index contributed by atoms with van der Waals surface area (Å²) in [5.41, 5.74) is 4.26. The molecule has 4 aromatic rings. The zero-order valence-electron chi connectivity index (χ0n) is 17.1. The lowest BCUT2D eigenvalue weighted by Gasteiger charge is -2.14. The minimum atomic E-state index is -0.250. The molecule has 1 fully saturated rings. The van der Waals surface area contributed by atoms with Crippen molar-refractivity contribution in [2.75, 3.05) is 5.32 Å². The van der Waals surface area contributed by atoms with Gasteiger partial charge >= 0.3 is 0 Å². The Morgan fingerprint density at radius 3 is 2.28 bits per heavy atom. The summed E-state index contributed by atoms with van der Waals surface area (Å²) >= 11 is 0. The molecule has 0 saturated carbocycles. The van der Waals surface area contributed by atoms with E-state index in [1.165, 1.54) is 4.90 Å². The fraction of sp³-hybridized carbons (Fsp3) is 0.120. The summed E-state index contributed by atoms with van der Waals surface area (Å²) in [7, 11) is 0. The van der Waals surface area contributed by atoms with Crippen LogP contribution in [0.2, 0.25) is 0 Å². The van der Waals surface area contributed by atoms with E-state index < -0.39 is 0 Å². The molecule has 3 aromatic carbocycles. The van der Waals surface area contributed by atoms with Crippen molar-refractivity contribution in [2.24, 2.45) is 0 Å². The molecular weight excluding hydrogens is 406 g/mol. The van der Waals surface area contributed by atoms with Crippen LogP contribution in [0.15, 0.2) is 77.2 Å². The highest BCUT2D eigenvalue weighted by Crippen LogP contribution is 2.25. The molecule has 0 radical (unpaired) electrons. The summed E-state index contributed by atoms with van der Waals surface area (Å²) in [5.74, 6) is -0.0367. The number of nitrogens with one attached hydrogen (secondary N) is 1. The van der Waals surface area contributed by atoms with Gasteiger partial charge in [-0.1, -0.05) is 24.3 Å².